The van der Waals surface area contributed by atoms with Gasteiger partial charge in [0.15, 0.2) is 0 Å². The Balaban J connectivity index is 1.96. The summed E-state index contributed by atoms with van der Waals surface area (Å²) in [5.74, 6) is -0.989. The van der Waals surface area contributed by atoms with E-state index in [2.05, 4.69) is 26.6 Å². The van der Waals surface area contributed by atoms with Crippen molar-refractivity contribution in [3.05, 3.63) is 50.1 Å². The van der Waals surface area contributed by atoms with Crippen LogP contribution in [-0.2, 0) is 6.54 Å². The standard InChI is InChI=1S/C14H13BrN2O3S/c1-8-6-9(13(18)19)2-3-11(8)17-14(20)16-7-12-10(15)4-5-21-12/h2-6H,7H2,1H3,(H,18,19)(H2,16,17,20). The number of rotatable bonds is 4. The Morgan fingerprint density at radius 1 is 1.33 bits per heavy atom. The second-order valence-corrected chi connectivity index (χ2v) is 6.19. The zero-order valence-electron chi connectivity index (χ0n) is 11.1. The summed E-state index contributed by atoms with van der Waals surface area (Å²) in [5, 5.41) is 16.3. The van der Waals surface area contributed by atoms with Crippen LogP contribution in [0.4, 0.5) is 10.5 Å². The summed E-state index contributed by atoms with van der Waals surface area (Å²) in [4.78, 5) is 23.7. The molecule has 0 saturated carbocycles. The third kappa shape index (κ3) is 4.05. The molecule has 0 aliphatic carbocycles. The lowest BCUT2D eigenvalue weighted by atomic mass is 10.1. The summed E-state index contributed by atoms with van der Waals surface area (Å²) in [5.41, 5.74) is 1.48. The normalized spacial score (nSPS) is 10.2. The molecule has 2 rings (SSSR count). The van der Waals surface area contributed by atoms with Crippen molar-refractivity contribution in [2.75, 3.05) is 5.32 Å². The lowest BCUT2D eigenvalue weighted by Crippen LogP contribution is -2.28. The van der Waals surface area contributed by atoms with Crippen LogP contribution in [0.15, 0.2) is 34.1 Å². The first-order chi connectivity index (χ1) is 9.97. The molecule has 0 atom stereocenters. The van der Waals surface area contributed by atoms with Gasteiger partial charge in [-0.1, -0.05) is 0 Å². The number of amides is 2. The molecule has 0 bridgehead atoms. The predicted molar refractivity (Wildman–Crippen MR) is 86.0 cm³/mol. The van der Waals surface area contributed by atoms with Crippen LogP contribution >= 0.6 is 27.3 Å². The van der Waals surface area contributed by atoms with E-state index in [1.165, 1.54) is 12.1 Å². The lowest BCUT2D eigenvalue weighted by molar-refractivity contribution is 0.0697. The average Bonchev–Trinajstić information content (AvgIpc) is 2.84. The molecule has 3 N–H and O–H groups in total. The highest BCUT2D eigenvalue weighted by atomic mass is 79.9. The number of halogens is 1. The summed E-state index contributed by atoms with van der Waals surface area (Å²) in [6.45, 7) is 2.17. The number of aromatic carboxylic acids is 1. The number of hydrogen-bond acceptors (Lipinski definition) is 3. The van der Waals surface area contributed by atoms with E-state index in [4.69, 9.17) is 5.11 Å². The van der Waals surface area contributed by atoms with Crippen LogP contribution in [-0.4, -0.2) is 17.1 Å². The van der Waals surface area contributed by atoms with Gasteiger partial charge in [-0.25, -0.2) is 9.59 Å². The number of aryl methyl sites for hydroxylation is 1. The third-order valence-electron chi connectivity index (χ3n) is 2.82. The van der Waals surface area contributed by atoms with E-state index in [-0.39, 0.29) is 11.6 Å². The van der Waals surface area contributed by atoms with Gasteiger partial charge in [0.25, 0.3) is 0 Å². The molecule has 2 aromatic rings. The number of carbonyl (C=O) groups is 2. The highest BCUT2D eigenvalue weighted by Gasteiger charge is 2.09. The number of hydrogen-bond donors (Lipinski definition) is 3. The highest BCUT2D eigenvalue weighted by molar-refractivity contribution is 9.10. The lowest BCUT2D eigenvalue weighted by Gasteiger charge is -2.10. The minimum absolute atomic E-state index is 0.195. The maximum atomic E-state index is 11.8. The van der Waals surface area contributed by atoms with Gasteiger partial charge in [-0.15, -0.1) is 11.3 Å². The molecule has 7 heteroatoms. The second-order valence-electron chi connectivity index (χ2n) is 4.33. The molecule has 0 radical (unpaired) electrons. The molecule has 1 aromatic carbocycles. The van der Waals surface area contributed by atoms with Crippen molar-refractivity contribution >= 4 is 45.0 Å². The SMILES string of the molecule is Cc1cc(C(=O)O)ccc1NC(=O)NCc1sccc1Br. The van der Waals surface area contributed by atoms with Crippen molar-refractivity contribution in [2.24, 2.45) is 0 Å². The van der Waals surface area contributed by atoms with Crippen LogP contribution < -0.4 is 10.6 Å². The largest absolute Gasteiger partial charge is 0.478 e. The molecular formula is C14H13BrN2O3S. The maximum Gasteiger partial charge on any atom is 0.335 e. The van der Waals surface area contributed by atoms with Crippen molar-refractivity contribution < 1.29 is 14.7 Å². The molecule has 1 heterocycles. The molecule has 5 nitrogen and oxygen atoms in total. The highest BCUT2D eigenvalue weighted by Crippen LogP contribution is 2.22. The van der Waals surface area contributed by atoms with Crippen LogP contribution in [0.3, 0.4) is 0 Å². The van der Waals surface area contributed by atoms with Crippen LogP contribution in [0.5, 0.6) is 0 Å². The number of nitrogens with one attached hydrogen (secondary N) is 2. The molecule has 0 saturated heterocycles. The maximum absolute atomic E-state index is 11.8. The molecule has 0 aliphatic heterocycles. The van der Waals surface area contributed by atoms with Crippen LogP contribution in [0, 0.1) is 6.92 Å². The number of benzene rings is 1. The van der Waals surface area contributed by atoms with E-state index < -0.39 is 5.97 Å². The van der Waals surface area contributed by atoms with Gasteiger partial charge in [0.1, 0.15) is 0 Å². The van der Waals surface area contributed by atoms with Gasteiger partial charge in [-0.2, -0.15) is 0 Å². The Morgan fingerprint density at radius 2 is 2.10 bits per heavy atom. The fourth-order valence-electron chi connectivity index (χ4n) is 1.72. The molecule has 110 valence electrons. The van der Waals surface area contributed by atoms with Crippen molar-refractivity contribution in [3.63, 3.8) is 0 Å². The van der Waals surface area contributed by atoms with Gasteiger partial charge < -0.3 is 15.7 Å². The van der Waals surface area contributed by atoms with E-state index in [1.54, 1.807) is 24.3 Å². The summed E-state index contributed by atoms with van der Waals surface area (Å²) in [6, 6.07) is 6.16. The van der Waals surface area contributed by atoms with E-state index in [0.717, 1.165) is 9.35 Å². The Morgan fingerprint density at radius 3 is 2.67 bits per heavy atom. The summed E-state index contributed by atoms with van der Waals surface area (Å²) in [7, 11) is 0. The summed E-state index contributed by atoms with van der Waals surface area (Å²) in [6.07, 6.45) is 0. The fraction of sp³-hybridized carbons (Fsp3) is 0.143. The van der Waals surface area contributed by atoms with Crippen molar-refractivity contribution in [1.29, 1.82) is 0 Å². The van der Waals surface area contributed by atoms with E-state index in [9.17, 15) is 9.59 Å². The minimum atomic E-state index is -0.989. The smallest absolute Gasteiger partial charge is 0.335 e. The number of anilines is 1. The molecule has 0 unspecified atom stereocenters. The van der Waals surface area contributed by atoms with Gasteiger partial charge in [0, 0.05) is 15.0 Å². The van der Waals surface area contributed by atoms with Gasteiger partial charge >= 0.3 is 12.0 Å². The summed E-state index contributed by atoms with van der Waals surface area (Å²) < 4.78 is 0.967. The summed E-state index contributed by atoms with van der Waals surface area (Å²) >= 11 is 4.95. The van der Waals surface area contributed by atoms with Crippen molar-refractivity contribution in [3.8, 4) is 0 Å². The molecular weight excluding hydrogens is 356 g/mol. The van der Waals surface area contributed by atoms with Gasteiger partial charge in [0.2, 0.25) is 0 Å². The number of carboxylic acids is 1. The quantitative estimate of drug-likeness (QED) is 0.766. The fourth-order valence-corrected chi connectivity index (χ4v) is 3.15. The number of thiophene rings is 1. The number of urea groups is 1. The number of carbonyl (C=O) groups excluding carboxylic acids is 1. The van der Waals surface area contributed by atoms with Crippen LogP contribution in [0.2, 0.25) is 0 Å². The monoisotopic (exact) mass is 368 g/mol. The molecule has 0 fully saturated rings. The Labute approximate surface area is 134 Å². The zero-order chi connectivity index (χ0) is 15.4. The van der Waals surface area contributed by atoms with Crippen LogP contribution in [0.25, 0.3) is 0 Å². The molecule has 2 amide bonds. The number of carboxylic acid groups (broad SMARTS) is 1. The van der Waals surface area contributed by atoms with E-state index in [0.29, 0.717) is 17.8 Å². The Hall–Kier alpha value is -1.86. The first-order valence-electron chi connectivity index (χ1n) is 6.08. The van der Waals surface area contributed by atoms with Gasteiger partial charge in [-0.05, 0) is 58.1 Å². The third-order valence-corrected chi connectivity index (χ3v) is 4.75. The Bertz CT molecular complexity index is 685. The van der Waals surface area contributed by atoms with Gasteiger partial charge in [0.05, 0.1) is 12.1 Å². The van der Waals surface area contributed by atoms with Crippen molar-refractivity contribution in [2.45, 2.75) is 13.5 Å². The second kappa shape index (κ2) is 6.73. The van der Waals surface area contributed by atoms with Crippen LogP contribution in [0.1, 0.15) is 20.8 Å². The predicted octanol–water partition coefficient (Wildman–Crippen LogP) is 3.84. The molecule has 1 aromatic heterocycles. The molecule has 0 spiro atoms. The topological polar surface area (TPSA) is 78.4 Å². The molecule has 21 heavy (non-hydrogen) atoms. The first kappa shape index (κ1) is 15.5. The van der Waals surface area contributed by atoms with E-state index >= 15 is 0 Å². The first-order valence-corrected chi connectivity index (χ1v) is 7.75. The van der Waals surface area contributed by atoms with Crippen molar-refractivity contribution in [1.82, 2.24) is 5.32 Å². The van der Waals surface area contributed by atoms with Gasteiger partial charge in [-0.3, -0.25) is 0 Å². The minimum Gasteiger partial charge on any atom is -0.478 e. The Kier molecular flexibility index (Phi) is 4.98. The molecule has 0 aliphatic rings. The van der Waals surface area contributed by atoms with E-state index in [1.807, 2.05) is 11.4 Å². The average molecular weight is 369 g/mol. The zero-order valence-corrected chi connectivity index (χ0v) is 13.5.